The van der Waals surface area contributed by atoms with Crippen LogP contribution in [0.4, 0.5) is 5.95 Å². The van der Waals surface area contributed by atoms with E-state index in [0.29, 0.717) is 16.4 Å². The number of nitrogens with two attached hydrogens (primary N) is 1. The third-order valence-electron chi connectivity index (χ3n) is 2.14. The summed E-state index contributed by atoms with van der Waals surface area (Å²) in [7, 11) is 0. The first-order chi connectivity index (χ1) is 8.22. The number of hydrogen-bond acceptors (Lipinski definition) is 8. The lowest BCUT2D eigenvalue weighted by Crippen LogP contribution is -2.02. The van der Waals surface area contributed by atoms with Crippen LogP contribution in [0, 0.1) is 0 Å². The zero-order chi connectivity index (χ0) is 11.8. The molecule has 1 fully saturated rings. The van der Waals surface area contributed by atoms with E-state index >= 15 is 0 Å². The largest absolute Gasteiger partial charge is 0.368 e. The smallest absolute Gasteiger partial charge is 0.228 e. The van der Waals surface area contributed by atoms with Crippen LogP contribution in [0.5, 0.6) is 0 Å². The highest BCUT2D eigenvalue weighted by Gasteiger charge is 2.28. The van der Waals surface area contributed by atoms with Crippen molar-refractivity contribution in [2.45, 2.75) is 29.2 Å². The summed E-state index contributed by atoms with van der Waals surface area (Å²) in [5.41, 5.74) is 5.48. The Balaban J connectivity index is 1.88. The number of rotatable bonds is 3. The predicted octanol–water partition coefficient (Wildman–Crippen LogP) is 0.580. The number of hydrogen-bond donors (Lipinski definition) is 1. The number of aromatic nitrogens is 7. The zero-order valence-corrected chi connectivity index (χ0v) is 10.1. The molecule has 10 heteroatoms. The van der Waals surface area contributed by atoms with Gasteiger partial charge in [0.2, 0.25) is 21.5 Å². The standard InChI is InChI=1S/C7H7ClN8S/c8-4-10-5(9)12-6(11-4)17-7-13-14-15-16(7)3-1-2-3/h3H,1-2H2,(H2,9,10,11,12). The molecular formula is C7H7ClN8S. The fourth-order valence-electron chi connectivity index (χ4n) is 1.27. The van der Waals surface area contributed by atoms with Crippen LogP contribution in [-0.4, -0.2) is 35.2 Å². The summed E-state index contributed by atoms with van der Waals surface area (Å²) in [6.45, 7) is 0. The second kappa shape index (κ2) is 4.08. The molecule has 0 amide bonds. The molecule has 0 atom stereocenters. The summed E-state index contributed by atoms with van der Waals surface area (Å²) >= 11 is 6.91. The average molecular weight is 271 g/mol. The SMILES string of the molecule is Nc1nc(Cl)nc(Sc2nnnn2C2CC2)n1. The van der Waals surface area contributed by atoms with E-state index in [-0.39, 0.29) is 11.2 Å². The summed E-state index contributed by atoms with van der Waals surface area (Å²) in [6, 6.07) is 0.391. The van der Waals surface area contributed by atoms with E-state index in [1.165, 1.54) is 11.8 Å². The van der Waals surface area contributed by atoms with Crippen LogP contribution in [0.3, 0.4) is 0 Å². The topological polar surface area (TPSA) is 108 Å². The summed E-state index contributed by atoms with van der Waals surface area (Å²) in [5.74, 6) is 0.0814. The molecule has 0 unspecified atom stereocenters. The molecular weight excluding hydrogens is 264 g/mol. The number of nitrogens with zero attached hydrogens (tertiary/aromatic N) is 7. The molecule has 0 saturated heterocycles. The van der Waals surface area contributed by atoms with Gasteiger partial charge in [-0.3, -0.25) is 0 Å². The molecule has 1 saturated carbocycles. The first-order valence-electron chi connectivity index (χ1n) is 4.85. The Kier molecular flexibility index (Phi) is 2.56. The Bertz CT molecular complexity index is 532. The van der Waals surface area contributed by atoms with Crippen molar-refractivity contribution in [2.75, 3.05) is 5.73 Å². The fraction of sp³-hybridized carbons (Fsp3) is 0.429. The van der Waals surface area contributed by atoms with Crippen LogP contribution in [0.15, 0.2) is 10.3 Å². The highest BCUT2D eigenvalue weighted by Crippen LogP contribution is 2.37. The van der Waals surface area contributed by atoms with Gasteiger partial charge >= 0.3 is 0 Å². The van der Waals surface area contributed by atoms with Crippen molar-refractivity contribution in [1.29, 1.82) is 0 Å². The maximum Gasteiger partial charge on any atom is 0.228 e. The van der Waals surface area contributed by atoms with E-state index in [9.17, 15) is 0 Å². The predicted molar refractivity (Wildman–Crippen MR) is 59.5 cm³/mol. The second-order valence-corrected chi connectivity index (χ2v) is 4.76. The van der Waals surface area contributed by atoms with Crippen molar-refractivity contribution in [3.63, 3.8) is 0 Å². The quantitative estimate of drug-likeness (QED) is 0.863. The third-order valence-corrected chi connectivity index (χ3v) is 3.13. The van der Waals surface area contributed by atoms with Gasteiger partial charge in [-0.1, -0.05) is 0 Å². The van der Waals surface area contributed by atoms with Crippen LogP contribution < -0.4 is 5.73 Å². The molecule has 2 aromatic rings. The summed E-state index contributed by atoms with van der Waals surface area (Å²) in [4.78, 5) is 11.6. The fourth-order valence-corrected chi connectivity index (χ4v) is 2.28. The highest BCUT2D eigenvalue weighted by atomic mass is 35.5. The molecule has 17 heavy (non-hydrogen) atoms. The van der Waals surface area contributed by atoms with E-state index in [1.807, 2.05) is 0 Å². The van der Waals surface area contributed by atoms with Gasteiger partial charge in [0.15, 0.2) is 0 Å². The van der Waals surface area contributed by atoms with E-state index < -0.39 is 0 Å². The van der Waals surface area contributed by atoms with E-state index in [0.717, 1.165) is 12.8 Å². The van der Waals surface area contributed by atoms with Crippen molar-refractivity contribution in [2.24, 2.45) is 0 Å². The molecule has 3 rings (SSSR count). The molecule has 2 aromatic heterocycles. The minimum absolute atomic E-state index is 0.0606. The minimum Gasteiger partial charge on any atom is -0.368 e. The molecule has 0 aliphatic heterocycles. The molecule has 88 valence electrons. The van der Waals surface area contributed by atoms with Crippen LogP contribution in [0.1, 0.15) is 18.9 Å². The maximum atomic E-state index is 5.69. The Hall–Kier alpha value is -1.48. The Morgan fingerprint density at radius 1 is 1.29 bits per heavy atom. The van der Waals surface area contributed by atoms with E-state index in [4.69, 9.17) is 17.3 Å². The first kappa shape index (κ1) is 10.7. The number of tetrazole rings is 1. The van der Waals surface area contributed by atoms with Gasteiger partial charge in [-0.15, -0.1) is 5.10 Å². The molecule has 0 radical (unpaired) electrons. The number of anilines is 1. The van der Waals surface area contributed by atoms with Crippen LogP contribution in [0.25, 0.3) is 0 Å². The molecule has 8 nitrogen and oxygen atoms in total. The Labute approximate surface area is 105 Å². The van der Waals surface area contributed by atoms with Crippen LogP contribution in [0.2, 0.25) is 5.28 Å². The van der Waals surface area contributed by atoms with E-state index in [2.05, 4.69) is 30.5 Å². The second-order valence-electron chi connectivity index (χ2n) is 3.48. The molecule has 0 aromatic carbocycles. The monoisotopic (exact) mass is 270 g/mol. The van der Waals surface area contributed by atoms with Gasteiger partial charge in [-0.2, -0.15) is 15.0 Å². The summed E-state index contributed by atoms with van der Waals surface area (Å²) < 4.78 is 1.76. The summed E-state index contributed by atoms with van der Waals surface area (Å²) in [5, 5.41) is 12.5. The van der Waals surface area contributed by atoms with Crippen molar-refractivity contribution >= 4 is 29.3 Å². The average Bonchev–Trinajstić information content (AvgIpc) is 2.99. The maximum absolute atomic E-state index is 5.69. The minimum atomic E-state index is 0.0606. The van der Waals surface area contributed by atoms with Gasteiger partial charge < -0.3 is 5.73 Å². The zero-order valence-electron chi connectivity index (χ0n) is 8.49. The normalized spacial score (nSPS) is 15.1. The number of nitrogen functional groups attached to an aromatic ring is 1. The van der Waals surface area contributed by atoms with Gasteiger partial charge in [0.05, 0.1) is 6.04 Å². The first-order valence-corrected chi connectivity index (χ1v) is 6.04. The highest BCUT2D eigenvalue weighted by molar-refractivity contribution is 7.99. The Morgan fingerprint density at radius 2 is 2.12 bits per heavy atom. The van der Waals surface area contributed by atoms with Crippen LogP contribution >= 0.6 is 23.4 Å². The van der Waals surface area contributed by atoms with Gasteiger partial charge in [0.25, 0.3) is 0 Å². The van der Waals surface area contributed by atoms with Crippen molar-refractivity contribution in [3.05, 3.63) is 5.28 Å². The third kappa shape index (κ3) is 2.29. The van der Waals surface area contributed by atoms with Gasteiger partial charge in [0.1, 0.15) is 0 Å². The summed E-state index contributed by atoms with van der Waals surface area (Å²) in [6.07, 6.45) is 2.19. The Morgan fingerprint density at radius 3 is 2.82 bits per heavy atom. The lowest BCUT2D eigenvalue weighted by Gasteiger charge is -2.01. The van der Waals surface area contributed by atoms with Gasteiger partial charge in [-0.05, 0) is 46.6 Å². The number of halogens is 1. The molecule has 0 spiro atoms. The van der Waals surface area contributed by atoms with Crippen molar-refractivity contribution in [1.82, 2.24) is 35.2 Å². The van der Waals surface area contributed by atoms with Gasteiger partial charge in [-0.25, -0.2) is 4.68 Å². The van der Waals surface area contributed by atoms with Crippen LogP contribution in [-0.2, 0) is 0 Å². The molecule has 0 bridgehead atoms. The van der Waals surface area contributed by atoms with Gasteiger partial charge in [0, 0.05) is 0 Å². The lowest BCUT2D eigenvalue weighted by molar-refractivity contribution is 0.565. The molecule has 2 heterocycles. The van der Waals surface area contributed by atoms with E-state index in [1.54, 1.807) is 4.68 Å². The molecule has 2 N–H and O–H groups in total. The van der Waals surface area contributed by atoms with Crippen molar-refractivity contribution < 1.29 is 0 Å². The molecule has 1 aliphatic rings. The molecule has 1 aliphatic carbocycles. The van der Waals surface area contributed by atoms with Crippen molar-refractivity contribution in [3.8, 4) is 0 Å². The lowest BCUT2D eigenvalue weighted by atomic mass is 10.7.